The predicted octanol–water partition coefficient (Wildman–Crippen LogP) is 0.394. The molecule has 0 aliphatic heterocycles. The average molecular weight is 321 g/mol. The number of rotatable bonds is 7. The number of furan rings is 1. The van der Waals surface area contributed by atoms with Crippen LogP contribution in [0.1, 0.15) is 12.8 Å². The molecular weight excluding hydrogens is 306 g/mol. The molecule has 2 aromatic heterocycles. The van der Waals surface area contributed by atoms with E-state index >= 15 is 0 Å². The van der Waals surface area contributed by atoms with Crippen molar-refractivity contribution in [2.45, 2.75) is 30.6 Å². The number of hydrogen-bond acceptors (Lipinski definition) is 6. The molecule has 3 rings (SSSR count). The summed E-state index contributed by atoms with van der Waals surface area (Å²) in [6.45, 7) is -0.0738. The van der Waals surface area contributed by atoms with Crippen molar-refractivity contribution in [2.75, 3.05) is 5.75 Å². The van der Waals surface area contributed by atoms with E-state index in [2.05, 4.69) is 15.5 Å². The van der Waals surface area contributed by atoms with Crippen molar-refractivity contribution in [2.24, 2.45) is 5.73 Å². The van der Waals surface area contributed by atoms with E-state index in [1.807, 2.05) is 0 Å². The topological polar surface area (TPSA) is 116 Å². The number of nitrogens with two attached hydrogens (primary N) is 1. The quantitative estimate of drug-likeness (QED) is 0.713. The number of carbonyl (C=O) groups excluding carboxylic acids is 2. The Bertz CT molecular complexity index is 678. The molecule has 2 heterocycles. The molecule has 0 saturated heterocycles. The smallest absolute Gasteiger partial charge is 0.237 e. The van der Waals surface area contributed by atoms with Gasteiger partial charge in [0.25, 0.3) is 0 Å². The normalized spacial score (nSPS) is 14.0. The van der Waals surface area contributed by atoms with Gasteiger partial charge in [-0.2, -0.15) is 0 Å². The van der Waals surface area contributed by atoms with E-state index < -0.39 is 5.91 Å². The molecule has 8 nitrogen and oxygen atoms in total. The molecule has 1 aliphatic carbocycles. The predicted molar refractivity (Wildman–Crippen MR) is 78.8 cm³/mol. The standard InChI is InChI=1S/C13H15N5O3S/c14-10(19)6-18-12(9-2-1-5-21-9)16-17-13(18)22-7-11(20)15-8-3-4-8/h1-2,5,8H,3-4,6-7H2,(H2,14,19)(H,15,20). The van der Waals surface area contributed by atoms with Crippen molar-refractivity contribution in [3.63, 3.8) is 0 Å². The summed E-state index contributed by atoms with van der Waals surface area (Å²) >= 11 is 1.21. The summed E-state index contributed by atoms with van der Waals surface area (Å²) < 4.78 is 6.83. The minimum absolute atomic E-state index is 0.0549. The van der Waals surface area contributed by atoms with Crippen LogP contribution in [0.25, 0.3) is 11.6 Å². The summed E-state index contributed by atoms with van der Waals surface area (Å²) in [5, 5.41) is 11.4. The molecule has 1 saturated carbocycles. The molecule has 1 aliphatic rings. The van der Waals surface area contributed by atoms with Gasteiger partial charge in [-0.15, -0.1) is 10.2 Å². The lowest BCUT2D eigenvalue weighted by atomic mass is 10.4. The van der Waals surface area contributed by atoms with Gasteiger partial charge in [0.2, 0.25) is 17.6 Å². The van der Waals surface area contributed by atoms with Crippen molar-refractivity contribution in [3.8, 4) is 11.6 Å². The highest BCUT2D eigenvalue weighted by atomic mass is 32.2. The maximum atomic E-state index is 11.7. The number of primary amides is 1. The third kappa shape index (κ3) is 3.48. The van der Waals surface area contributed by atoms with Crippen molar-refractivity contribution in [1.29, 1.82) is 0 Å². The number of aromatic nitrogens is 3. The van der Waals surface area contributed by atoms with Crippen molar-refractivity contribution >= 4 is 23.6 Å². The van der Waals surface area contributed by atoms with Gasteiger partial charge in [0.15, 0.2) is 10.9 Å². The summed E-state index contributed by atoms with van der Waals surface area (Å²) in [4.78, 5) is 23.0. The lowest BCUT2D eigenvalue weighted by Gasteiger charge is -2.06. The van der Waals surface area contributed by atoms with Crippen molar-refractivity contribution < 1.29 is 14.0 Å². The molecule has 116 valence electrons. The van der Waals surface area contributed by atoms with Crippen LogP contribution in [0.15, 0.2) is 28.0 Å². The zero-order valence-corrected chi connectivity index (χ0v) is 12.5. The van der Waals surface area contributed by atoms with Gasteiger partial charge in [-0.1, -0.05) is 11.8 Å². The fourth-order valence-electron chi connectivity index (χ4n) is 1.91. The molecule has 0 radical (unpaired) electrons. The van der Waals surface area contributed by atoms with Gasteiger partial charge in [0.1, 0.15) is 6.54 Å². The Morgan fingerprint density at radius 2 is 2.27 bits per heavy atom. The second-order valence-electron chi connectivity index (χ2n) is 4.97. The molecule has 2 amide bonds. The monoisotopic (exact) mass is 321 g/mol. The molecule has 3 N–H and O–H groups in total. The summed E-state index contributed by atoms with van der Waals surface area (Å²) in [5.41, 5.74) is 5.27. The molecule has 2 aromatic rings. The fourth-order valence-corrected chi connectivity index (χ4v) is 2.66. The molecule has 1 fully saturated rings. The van der Waals surface area contributed by atoms with Gasteiger partial charge in [0.05, 0.1) is 12.0 Å². The Kier molecular flexibility index (Phi) is 4.14. The van der Waals surface area contributed by atoms with Gasteiger partial charge >= 0.3 is 0 Å². The van der Waals surface area contributed by atoms with Crippen molar-refractivity contribution in [1.82, 2.24) is 20.1 Å². The second kappa shape index (κ2) is 6.22. The molecule has 9 heteroatoms. The number of hydrogen-bond donors (Lipinski definition) is 2. The number of carbonyl (C=O) groups is 2. The average Bonchev–Trinajstić information content (AvgIpc) is 2.98. The first-order valence-corrected chi connectivity index (χ1v) is 7.79. The number of thioether (sulfide) groups is 1. The summed E-state index contributed by atoms with van der Waals surface area (Å²) in [6.07, 6.45) is 3.59. The van der Waals surface area contributed by atoms with Gasteiger partial charge in [-0.3, -0.25) is 14.2 Å². The largest absolute Gasteiger partial charge is 0.461 e. The van der Waals surface area contributed by atoms with E-state index in [1.54, 1.807) is 16.7 Å². The Balaban J connectivity index is 1.74. The Hall–Kier alpha value is -2.29. The zero-order valence-electron chi connectivity index (χ0n) is 11.7. The summed E-state index contributed by atoms with van der Waals surface area (Å²) in [5.74, 6) is 0.542. The first kappa shape index (κ1) is 14.6. The van der Waals surface area contributed by atoms with E-state index in [0.717, 1.165) is 12.8 Å². The molecule has 0 aromatic carbocycles. The van der Waals surface area contributed by atoms with Crippen LogP contribution in [0.4, 0.5) is 0 Å². The van der Waals surface area contributed by atoms with Crippen LogP contribution in [-0.4, -0.2) is 38.4 Å². The molecular formula is C13H15N5O3S. The minimum atomic E-state index is -0.517. The molecule has 0 spiro atoms. The molecule has 22 heavy (non-hydrogen) atoms. The Morgan fingerprint density at radius 1 is 1.45 bits per heavy atom. The number of nitrogens with zero attached hydrogens (tertiary/aromatic N) is 3. The van der Waals surface area contributed by atoms with Crippen LogP contribution in [0.3, 0.4) is 0 Å². The lowest BCUT2D eigenvalue weighted by Crippen LogP contribution is -2.27. The van der Waals surface area contributed by atoms with E-state index in [0.29, 0.717) is 22.8 Å². The van der Waals surface area contributed by atoms with Gasteiger partial charge in [-0.05, 0) is 25.0 Å². The van der Waals surface area contributed by atoms with Gasteiger partial charge < -0.3 is 15.5 Å². The molecule has 0 unspecified atom stereocenters. The zero-order chi connectivity index (χ0) is 15.5. The number of amides is 2. The first-order chi connectivity index (χ1) is 10.6. The van der Waals surface area contributed by atoms with E-state index in [9.17, 15) is 9.59 Å². The summed E-state index contributed by atoms with van der Waals surface area (Å²) in [7, 11) is 0. The van der Waals surface area contributed by atoms with Crippen molar-refractivity contribution in [3.05, 3.63) is 18.4 Å². The maximum Gasteiger partial charge on any atom is 0.237 e. The van der Waals surface area contributed by atoms with E-state index in [4.69, 9.17) is 10.2 Å². The van der Waals surface area contributed by atoms with Crippen LogP contribution >= 0.6 is 11.8 Å². The van der Waals surface area contributed by atoms with Gasteiger partial charge in [0, 0.05) is 6.04 Å². The Morgan fingerprint density at radius 3 is 2.91 bits per heavy atom. The third-order valence-corrected chi connectivity index (χ3v) is 4.01. The molecule has 0 bridgehead atoms. The highest BCUT2D eigenvalue weighted by Gasteiger charge is 2.24. The fraction of sp³-hybridized carbons (Fsp3) is 0.385. The number of nitrogens with one attached hydrogen (secondary N) is 1. The minimum Gasteiger partial charge on any atom is -0.461 e. The summed E-state index contributed by atoms with van der Waals surface area (Å²) in [6, 6.07) is 3.75. The SMILES string of the molecule is NC(=O)Cn1c(SCC(=O)NC2CC2)nnc1-c1ccco1. The van der Waals surface area contributed by atoms with Gasteiger partial charge in [-0.25, -0.2) is 0 Å². The lowest BCUT2D eigenvalue weighted by molar-refractivity contribution is -0.119. The molecule has 0 atom stereocenters. The first-order valence-electron chi connectivity index (χ1n) is 6.81. The third-order valence-electron chi connectivity index (χ3n) is 3.05. The highest BCUT2D eigenvalue weighted by molar-refractivity contribution is 7.99. The van der Waals surface area contributed by atoms with E-state index in [1.165, 1.54) is 18.0 Å². The van der Waals surface area contributed by atoms with Crippen LogP contribution < -0.4 is 11.1 Å². The maximum absolute atomic E-state index is 11.7. The van der Waals surface area contributed by atoms with E-state index in [-0.39, 0.29) is 18.2 Å². The highest BCUT2D eigenvalue weighted by Crippen LogP contribution is 2.24. The van der Waals surface area contributed by atoms with Crippen LogP contribution in [0.5, 0.6) is 0 Å². The Labute approximate surface area is 130 Å². The second-order valence-corrected chi connectivity index (χ2v) is 5.91. The van der Waals surface area contributed by atoms with Crippen LogP contribution in [0.2, 0.25) is 0 Å². The van der Waals surface area contributed by atoms with Crippen LogP contribution in [-0.2, 0) is 16.1 Å². The van der Waals surface area contributed by atoms with Crippen LogP contribution in [0, 0.1) is 0 Å².